The summed E-state index contributed by atoms with van der Waals surface area (Å²) in [6, 6.07) is 2.88. The second-order valence-corrected chi connectivity index (χ2v) is 6.88. The maximum Gasteiger partial charge on any atom is 0.228 e. The quantitative estimate of drug-likeness (QED) is 0.854. The lowest BCUT2D eigenvalue weighted by molar-refractivity contribution is -0.117. The highest BCUT2D eigenvalue weighted by atomic mass is 32.1. The van der Waals surface area contributed by atoms with Gasteiger partial charge in [-0.05, 0) is 30.2 Å². The van der Waals surface area contributed by atoms with Crippen molar-refractivity contribution in [3.05, 3.63) is 16.8 Å². The van der Waals surface area contributed by atoms with E-state index in [0.29, 0.717) is 30.3 Å². The van der Waals surface area contributed by atoms with Crippen molar-refractivity contribution in [2.24, 2.45) is 5.92 Å². The SMILES string of the molecule is O=C1C[C@H]2[C@@H](CCN2CC2CCOC2)N1c1ccsc1. The average Bonchev–Trinajstić information content (AvgIpc) is 3.16. The fraction of sp³-hybridized carbons (Fsp3) is 0.667. The van der Waals surface area contributed by atoms with Crippen LogP contribution in [0.5, 0.6) is 0 Å². The molecule has 1 unspecified atom stereocenters. The van der Waals surface area contributed by atoms with Gasteiger partial charge in [0.05, 0.1) is 18.3 Å². The van der Waals surface area contributed by atoms with Crippen LogP contribution in [0.2, 0.25) is 0 Å². The summed E-state index contributed by atoms with van der Waals surface area (Å²) in [6.45, 7) is 4.04. The number of likely N-dealkylation sites (tertiary alicyclic amines) is 1. The van der Waals surface area contributed by atoms with Gasteiger partial charge in [0.2, 0.25) is 5.91 Å². The van der Waals surface area contributed by atoms with Crippen LogP contribution in [0.4, 0.5) is 5.69 Å². The standard InChI is InChI=1S/C15H20N2O2S/c18-15-7-14-13(17(15)12-3-6-20-10-12)1-4-16(14)8-11-2-5-19-9-11/h3,6,10-11,13-14H,1-2,4-5,7-9H2/t11?,13-,14+/m1/s1. The summed E-state index contributed by atoms with van der Waals surface area (Å²) in [5.74, 6) is 0.963. The molecule has 108 valence electrons. The number of fused-ring (bicyclic) bond motifs is 1. The molecular formula is C15H20N2O2S. The molecule has 4 nitrogen and oxygen atoms in total. The first kappa shape index (κ1) is 12.8. The second kappa shape index (κ2) is 5.13. The molecular weight excluding hydrogens is 272 g/mol. The van der Waals surface area contributed by atoms with Gasteiger partial charge in [0.1, 0.15) is 0 Å². The molecule has 0 aromatic carbocycles. The van der Waals surface area contributed by atoms with Gasteiger partial charge in [-0.25, -0.2) is 0 Å². The molecule has 4 heterocycles. The van der Waals surface area contributed by atoms with Gasteiger partial charge in [-0.1, -0.05) is 0 Å². The highest BCUT2D eigenvalue weighted by Gasteiger charge is 2.47. The minimum Gasteiger partial charge on any atom is -0.381 e. The van der Waals surface area contributed by atoms with Crippen LogP contribution in [-0.2, 0) is 9.53 Å². The van der Waals surface area contributed by atoms with Gasteiger partial charge in [-0.2, -0.15) is 11.3 Å². The van der Waals surface area contributed by atoms with E-state index in [1.165, 1.54) is 6.42 Å². The summed E-state index contributed by atoms with van der Waals surface area (Å²) in [5.41, 5.74) is 1.10. The minimum atomic E-state index is 0.297. The predicted octanol–water partition coefficient (Wildman–Crippen LogP) is 1.96. The number of nitrogens with zero attached hydrogens (tertiary/aromatic N) is 2. The lowest BCUT2D eigenvalue weighted by Gasteiger charge is -2.26. The van der Waals surface area contributed by atoms with Crippen LogP contribution in [0.3, 0.4) is 0 Å². The predicted molar refractivity (Wildman–Crippen MR) is 79.1 cm³/mol. The van der Waals surface area contributed by atoms with Gasteiger partial charge in [0.15, 0.2) is 0 Å². The zero-order chi connectivity index (χ0) is 13.5. The first-order valence-electron chi connectivity index (χ1n) is 7.49. The van der Waals surface area contributed by atoms with Gasteiger partial charge < -0.3 is 9.64 Å². The first-order chi connectivity index (χ1) is 9.83. The Morgan fingerprint density at radius 1 is 1.35 bits per heavy atom. The van der Waals surface area contributed by atoms with Crippen molar-refractivity contribution >= 4 is 22.9 Å². The third-order valence-electron chi connectivity index (χ3n) is 4.91. The van der Waals surface area contributed by atoms with Crippen molar-refractivity contribution in [2.45, 2.75) is 31.3 Å². The van der Waals surface area contributed by atoms with E-state index >= 15 is 0 Å². The number of rotatable bonds is 3. The molecule has 1 aromatic heterocycles. The largest absolute Gasteiger partial charge is 0.381 e. The first-order valence-corrected chi connectivity index (χ1v) is 8.43. The molecule has 3 fully saturated rings. The molecule has 0 bridgehead atoms. The van der Waals surface area contributed by atoms with E-state index in [1.807, 2.05) is 4.90 Å². The molecule has 3 aliphatic rings. The van der Waals surface area contributed by atoms with E-state index in [2.05, 4.69) is 21.7 Å². The van der Waals surface area contributed by atoms with Crippen LogP contribution in [0.1, 0.15) is 19.3 Å². The second-order valence-electron chi connectivity index (χ2n) is 6.10. The number of hydrogen-bond acceptors (Lipinski definition) is 4. The molecule has 3 saturated heterocycles. The zero-order valence-corrected chi connectivity index (χ0v) is 12.3. The Labute approximate surface area is 123 Å². The average molecular weight is 292 g/mol. The summed E-state index contributed by atoms with van der Waals surface area (Å²) in [6.07, 6.45) is 2.98. The normalized spacial score (nSPS) is 34.1. The molecule has 0 N–H and O–H groups in total. The third kappa shape index (κ3) is 2.08. The topological polar surface area (TPSA) is 32.8 Å². The number of ether oxygens (including phenoxy) is 1. The Bertz CT molecular complexity index is 484. The minimum absolute atomic E-state index is 0.297. The number of hydrogen-bond donors (Lipinski definition) is 0. The Morgan fingerprint density at radius 3 is 3.05 bits per heavy atom. The summed E-state index contributed by atoms with van der Waals surface area (Å²) >= 11 is 1.67. The van der Waals surface area contributed by atoms with Crippen molar-refractivity contribution in [1.29, 1.82) is 0 Å². The van der Waals surface area contributed by atoms with Gasteiger partial charge in [0, 0.05) is 37.5 Å². The van der Waals surface area contributed by atoms with E-state index in [9.17, 15) is 4.79 Å². The number of carbonyl (C=O) groups is 1. The summed E-state index contributed by atoms with van der Waals surface area (Å²) < 4.78 is 5.48. The molecule has 0 spiro atoms. The maximum atomic E-state index is 12.3. The van der Waals surface area contributed by atoms with E-state index in [1.54, 1.807) is 11.3 Å². The highest BCUT2D eigenvalue weighted by molar-refractivity contribution is 7.08. The zero-order valence-electron chi connectivity index (χ0n) is 11.5. The molecule has 0 radical (unpaired) electrons. The maximum absolute atomic E-state index is 12.3. The van der Waals surface area contributed by atoms with Crippen molar-refractivity contribution in [2.75, 3.05) is 31.2 Å². The molecule has 20 heavy (non-hydrogen) atoms. The lowest BCUT2D eigenvalue weighted by Crippen LogP contribution is -2.39. The number of anilines is 1. The Kier molecular flexibility index (Phi) is 3.28. The fourth-order valence-corrected chi connectivity index (χ4v) is 4.57. The monoisotopic (exact) mass is 292 g/mol. The Balaban J connectivity index is 1.49. The smallest absolute Gasteiger partial charge is 0.228 e. The molecule has 5 heteroatoms. The van der Waals surface area contributed by atoms with Crippen molar-refractivity contribution < 1.29 is 9.53 Å². The van der Waals surface area contributed by atoms with Crippen LogP contribution in [0.15, 0.2) is 16.8 Å². The van der Waals surface area contributed by atoms with E-state index in [4.69, 9.17) is 4.74 Å². The van der Waals surface area contributed by atoms with Gasteiger partial charge in [-0.15, -0.1) is 0 Å². The van der Waals surface area contributed by atoms with Crippen LogP contribution in [0.25, 0.3) is 0 Å². The van der Waals surface area contributed by atoms with Crippen LogP contribution in [-0.4, -0.2) is 49.2 Å². The summed E-state index contributed by atoms with van der Waals surface area (Å²) in [7, 11) is 0. The molecule has 1 amide bonds. The summed E-state index contributed by atoms with van der Waals surface area (Å²) in [5, 5.41) is 4.15. The Hall–Kier alpha value is -0.910. The fourth-order valence-electron chi connectivity index (χ4n) is 3.94. The number of carbonyl (C=O) groups excluding carboxylic acids is 1. The molecule has 3 atom stereocenters. The lowest BCUT2D eigenvalue weighted by atomic mass is 10.1. The number of amides is 1. The van der Waals surface area contributed by atoms with Crippen LogP contribution >= 0.6 is 11.3 Å². The van der Waals surface area contributed by atoms with Crippen LogP contribution < -0.4 is 4.90 Å². The number of thiophene rings is 1. The van der Waals surface area contributed by atoms with Crippen molar-refractivity contribution in [1.82, 2.24) is 4.90 Å². The van der Waals surface area contributed by atoms with E-state index in [0.717, 1.165) is 38.4 Å². The molecule has 3 aliphatic heterocycles. The van der Waals surface area contributed by atoms with Gasteiger partial charge >= 0.3 is 0 Å². The van der Waals surface area contributed by atoms with Gasteiger partial charge in [0.25, 0.3) is 0 Å². The van der Waals surface area contributed by atoms with Crippen molar-refractivity contribution in [3.8, 4) is 0 Å². The Morgan fingerprint density at radius 2 is 2.30 bits per heavy atom. The molecule has 1 aromatic rings. The highest BCUT2D eigenvalue weighted by Crippen LogP contribution is 2.37. The van der Waals surface area contributed by atoms with E-state index in [-0.39, 0.29) is 0 Å². The van der Waals surface area contributed by atoms with E-state index < -0.39 is 0 Å². The molecule has 0 aliphatic carbocycles. The van der Waals surface area contributed by atoms with Gasteiger partial charge in [-0.3, -0.25) is 9.69 Å². The third-order valence-corrected chi connectivity index (χ3v) is 5.58. The molecule has 4 rings (SSSR count). The summed E-state index contributed by atoms with van der Waals surface area (Å²) in [4.78, 5) is 16.9. The van der Waals surface area contributed by atoms with Crippen molar-refractivity contribution in [3.63, 3.8) is 0 Å². The van der Waals surface area contributed by atoms with Crippen LogP contribution in [0, 0.1) is 5.92 Å². The molecule has 0 saturated carbocycles.